The number of halogens is 1. The first-order valence-electron chi connectivity index (χ1n) is 8.82. The van der Waals surface area contributed by atoms with E-state index in [1.165, 1.54) is 5.56 Å². The highest BCUT2D eigenvalue weighted by molar-refractivity contribution is 7.89. The largest absolute Gasteiger partial charge is 0.241 e. The van der Waals surface area contributed by atoms with Crippen molar-refractivity contribution in [2.75, 3.05) is 0 Å². The Kier molecular flexibility index (Phi) is 6.32. The summed E-state index contributed by atoms with van der Waals surface area (Å²) < 4.78 is 28.6. The molecule has 3 aromatic rings. The fraction of sp³-hybridized carbons (Fsp3) is 0.182. The summed E-state index contributed by atoms with van der Waals surface area (Å²) in [4.78, 5) is 0.264. The zero-order valence-electron chi connectivity index (χ0n) is 15.1. The summed E-state index contributed by atoms with van der Waals surface area (Å²) in [5.74, 6) is 0. The highest BCUT2D eigenvalue weighted by Crippen LogP contribution is 2.25. The number of rotatable bonds is 7. The van der Waals surface area contributed by atoms with Gasteiger partial charge in [0.2, 0.25) is 10.0 Å². The molecule has 0 saturated carbocycles. The van der Waals surface area contributed by atoms with Crippen molar-refractivity contribution >= 4 is 21.6 Å². The van der Waals surface area contributed by atoms with E-state index in [1.807, 2.05) is 55.5 Å². The van der Waals surface area contributed by atoms with Gasteiger partial charge in [0.1, 0.15) is 0 Å². The molecule has 140 valence electrons. The molecule has 1 unspecified atom stereocenters. The van der Waals surface area contributed by atoms with Gasteiger partial charge in [0.05, 0.1) is 4.90 Å². The lowest BCUT2D eigenvalue weighted by atomic mass is 10.00. The van der Waals surface area contributed by atoms with Crippen LogP contribution in [0.1, 0.15) is 29.2 Å². The van der Waals surface area contributed by atoms with Crippen molar-refractivity contribution in [1.82, 2.24) is 4.72 Å². The zero-order chi connectivity index (χ0) is 19.3. The molecule has 0 radical (unpaired) electrons. The predicted molar refractivity (Wildman–Crippen MR) is 110 cm³/mol. The lowest BCUT2D eigenvalue weighted by Crippen LogP contribution is -2.29. The highest BCUT2D eigenvalue weighted by atomic mass is 35.5. The van der Waals surface area contributed by atoms with Crippen molar-refractivity contribution < 1.29 is 8.42 Å². The SMILES string of the molecule is Cc1ccc(S(=O)(=O)NC(CCc2ccccc2)c2cccc(Cl)c2)cc1. The molecule has 0 amide bonds. The summed E-state index contributed by atoms with van der Waals surface area (Å²) in [6.45, 7) is 1.93. The van der Waals surface area contributed by atoms with Crippen LogP contribution in [-0.4, -0.2) is 8.42 Å². The lowest BCUT2D eigenvalue weighted by Gasteiger charge is -2.20. The van der Waals surface area contributed by atoms with Gasteiger partial charge in [0.15, 0.2) is 0 Å². The van der Waals surface area contributed by atoms with Gasteiger partial charge in [-0.25, -0.2) is 13.1 Å². The minimum Gasteiger partial charge on any atom is -0.207 e. The number of hydrogen-bond acceptors (Lipinski definition) is 2. The zero-order valence-corrected chi connectivity index (χ0v) is 16.7. The Bertz CT molecular complexity index is 986. The molecule has 0 saturated heterocycles. The van der Waals surface area contributed by atoms with Crippen molar-refractivity contribution in [2.24, 2.45) is 0 Å². The van der Waals surface area contributed by atoms with Gasteiger partial charge in [-0.1, -0.05) is 71.8 Å². The van der Waals surface area contributed by atoms with E-state index in [1.54, 1.807) is 30.3 Å². The van der Waals surface area contributed by atoms with Crippen LogP contribution in [0.4, 0.5) is 0 Å². The summed E-state index contributed by atoms with van der Waals surface area (Å²) in [6, 6.07) is 23.9. The van der Waals surface area contributed by atoms with Crippen molar-refractivity contribution in [2.45, 2.75) is 30.7 Å². The molecule has 5 heteroatoms. The Morgan fingerprint density at radius 1 is 0.926 bits per heavy atom. The van der Waals surface area contributed by atoms with Gasteiger partial charge in [-0.15, -0.1) is 0 Å². The van der Waals surface area contributed by atoms with Crippen LogP contribution in [0, 0.1) is 6.92 Å². The number of sulfonamides is 1. The smallest absolute Gasteiger partial charge is 0.207 e. The minimum atomic E-state index is -3.63. The van der Waals surface area contributed by atoms with Crippen LogP contribution in [0.3, 0.4) is 0 Å². The van der Waals surface area contributed by atoms with E-state index in [9.17, 15) is 8.42 Å². The van der Waals surface area contributed by atoms with E-state index in [-0.39, 0.29) is 10.9 Å². The maximum Gasteiger partial charge on any atom is 0.241 e. The topological polar surface area (TPSA) is 46.2 Å². The molecule has 0 bridgehead atoms. The molecule has 3 rings (SSSR count). The van der Waals surface area contributed by atoms with Crippen LogP contribution < -0.4 is 4.72 Å². The van der Waals surface area contributed by atoms with Gasteiger partial charge in [-0.2, -0.15) is 0 Å². The second kappa shape index (κ2) is 8.70. The average Bonchev–Trinajstić information content (AvgIpc) is 2.66. The van der Waals surface area contributed by atoms with E-state index in [0.29, 0.717) is 11.4 Å². The first-order valence-corrected chi connectivity index (χ1v) is 10.7. The number of nitrogens with one attached hydrogen (secondary N) is 1. The summed E-state index contributed by atoms with van der Waals surface area (Å²) in [5.41, 5.74) is 3.04. The lowest BCUT2D eigenvalue weighted by molar-refractivity contribution is 0.539. The van der Waals surface area contributed by atoms with Crippen LogP contribution in [0.2, 0.25) is 5.02 Å². The summed E-state index contributed by atoms with van der Waals surface area (Å²) in [7, 11) is -3.63. The number of hydrogen-bond donors (Lipinski definition) is 1. The van der Waals surface area contributed by atoms with Gasteiger partial charge in [-0.05, 0) is 55.2 Å². The first kappa shape index (κ1) is 19.6. The molecule has 0 aliphatic carbocycles. The Balaban J connectivity index is 1.85. The van der Waals surface area contributed by atoms with Crippen LogP contribution in [-0.2, 0) is 16.4 Å². The van der Waals surface area contributed by atoms with Crippen LogP contribution >= 0.6 is 11.6 Å². The Morgan fingerprint density at radius 3 is 2.30 bits per heavy atom. The van der Waals surface area contributed by atoms with E-state index < -0.39 is 10.0 Å². The number of benzene rings is 3. The predicted octanol–water partition coefficient (Wildman–Crippen LogP) is 5.30. The maximum absolute atomic E-state index is 12.9. The third-order valence-electron chi connectivity index (χ3n) is 4.44. The van der Waals surface area contributed by atoms with Gasteiger partial charge in [0, 0.05) is 11.1 Å². The third-order valence-corrected chi connectivity index (χ3v) is 6.17. The Hall–Kier alpha value is -2.14. The fourth-order valence-corrected chi connectivity index (χ4v) is 4.40. The van der Waals surface area contributed by atoms with E-state index in [4.69, 9.17) is 11.6 Å². The van der Waals surface area contributed by atoms with Crippen molar-refractivity contribution in [3.63, 3.8) is 0 Å². The van der Waals surface area contributed by atoms with E-state index in [2.05, 4.69) is 4.72 Å². The molecular formula is C22H22ClNO2S. The second-order valence-corrected chi connectivity index (χ2v) is 8.72. The third kappa shape index (κ3) is 5.42. The maximum atomic E-state index is 12.9. The molecule has 3 aromatic carbocycles. The summed E-state index contributed by atoms with van der Waals surface area (Å²) in [5, 5.41) is 0.590. The molecule has 0 aliphatic heterocycles. The minimum absolute atomic E-state index is 0.264. The standard InChI is InChI=1S/C22H22ClNO2S/c1-17-10-13-21(14-11-17)27(25,26)24-22(19-8-5-9-20(23)16-19)15-12-18-6-3-2-4-7-18/h2-11,13-14,16,22,24H,12,15H2,1H3. The normalized spacial score (nSPS) is 12.7. The van der Waals surface area contributed by atoms with Gasteiger partial charge in [0.25, 0.3) is 0 Å². The first-order chi connectivity index (χ1) is 12.9. The fourth-order valence-electron chi connectivity index (χ4n) is 2.95. The molecule has 0 spiro atoms. The Labute approximate surface area is 166 Å². The van der Waals surface area contributed by atoms with Crippen LogP contribution in [0.5, 0.6) is 0 Å². The molecule has 3 nitrogen and oxygen atoms in total. The van der Waals surface area contributed by atoms with Gasteiger partial charge in [-0.3, -0.25) is 0 Å². The molecule has 0 aromatic heterocycles. The average molecular weight is 400 g/mol. The summed E-state index contributed by atoms with van der Waals surface area (Å²) >= 11 is 6.13. The van der Waals surface area contributed by atoms with Gasteiger partial charge < -0.3 is 0 Å². The molecular weight excluding hydrogens is 378 g/mol. The summed E-state index contributed by atoms with van der Waals surface area (Å²) in [6.07, 6.45) is 1.39. The van der Waals surface area contributed by atoms with Crippen LogP contribution in [0.15, 0.2) is 83.8 Å². The molecule has 1 N–H and O–H groups in total. The van der Waals surface area contributed by atoms with Crippen LogP contribution in [0.25, 0.3) is 0 Å². The number of aryl methyl sites for hydroxylation is 2. The Morgan fingerprint density at radius 2 is 1.63 bits per heavy atom. The second-order valence-electron chi connectivity index (χ2n) is 6.57. The van der Waals surface area contributed by atoms with Crippen molar-refractivity contribution in [3.05, 3.63) is 101 Å². The van der Waals surface area contributed by atoms with Crippen molar-refractivity contribution in [1.29, 1.82) is 0 Å². The molecule has 1 atom stereocenters. The molecule has 0 heterocycles. The molecule has 0 aliphatic rings. The quantitative estimate of drug-likeness (QED) is 0.585. The van der Waals surface area contributed by atoms with Crippen molar-refractivity contribution in [3.8, 4) is 0 Å². The van der Waals surface area contributed by atoms with E-state index in [0.717, 1.165) is 17.5 Å². The van der Waals surface area contributed by atoms with Gasteiger partial charge >= 0.3 is 0 Å². The molecule has 27 heavy (non-hydrogen) atoms. The monoisotopic (exact) mass is 399 g/mol. The molecule has 0 fully saturated rings. The van der Waals surface area contributed by atoms with E-state index >= 15 is 0 Å². The highest BCUT2D eigenvalue weighted by Gasteiger charge is 2.21.